The van der Waals surface area contributed by atoms with Crippen LogP contribution in [0.1, 0.15) is 11.1 Å². The van der Waals surface area contributed by atoms with Crippen molar-refractivity contribution in [2.24, 2.45) is 0 Å². The molecule has 0 fully saturated rings. The fourth-order valence-electron chi connectivity index (χ4n) is 1.70. The van der Waals surface area contributed by atoms with Crippen LogP contribution in [0.5, 0.6) is 0 Å². The predicted molar refractivity (Wildman–Crippen MR) is 85.3 cm³/mol. The van der Waals surface area contributed by atoms with Crippen LogP contribution < -0.4 is 5.32 Å². The van der Waals surface area contributed by atoms with Crippen LogP contribution in [0, 0.1) is 6.92 Å². The maximum atomic E-state index is 6.13. The van der Waals surface area contributed by atoms with E-state index in [0.717, 1.165) is 34.4 Å². The summed E-state index contributed by atoms with van der Waals surface area (Å²) in [6.07, 6.45) is 2.61. The second kappa shape index (κ2) is 6.60. The molecule has 0 saturated heterocycles. The zero-order chi connectivity index (χ0) is 13.8. The third-order valence-electron chi connectivity index (χ3n) is 2.78. The number of aryl methyl sites for hydroxylation is 1. The SMILES string of the molecule is Cc1ccnc(NCCc2ccc(Cl)cc2Cl)c1Br. The highest BCUT2D eigenvalue weighted by Gasteiger charge is 2.05. The van der Waals surface area contributed by atoms with E-state index in [1.165, 1.54) is 0 Å². The quantitative estimate of drug-likeness (QED) is 0.819. The minimum absolute atomic E-state index is 0.657. The Labute approximate surface area is 131 Å². The van der Waals surface area contributed by atoms with Crippen LogP contribution >= 0.6 is 39.1 Å². The smallest absolute Gasteiger partial charge is 0.140 e. The Hall–Kier alpha value is -0.770. The molecule has 100 valence electrons. The van der Waals surface area contributed by atoms with Crippen molar-refractivity contribution >= 4 is 44.9 Å². The number of nitrogens with one attached hydrogen (secondary N) is 1. The van der Waals surface area contributed by atoms with Gasteiger partial charge in [0.15, 0.2) is 0 Å². The summed E-state index contributed by atoms with van der Waals surface area (Å²) in [5.74, 6) is 0.852. The van der Waals surface area contributed by atoms with E-state index in [1.807, 2.05) is 25.1 Å². The van der Waals surface area contributed by atoms with Crippen LogP contribution in [0.4, 0.5) is 5.82 Å². The summed E-state index contributed by atoms with van der Waals surface area (Å²) >= 11 is 15.5. The van der Waals surface area contributed by atoms with Gasteiger partial charge in [-0.15, -0.1) is 0 Å². The third kappa shape index (κ3) is 3.85. The highest BCUT2D eigenvalue weighted by atomic mass is 79.9. The summed E-state index contributed by atoms with van der Waals surface area (Å²) in [5, 5.41) is 4.65. The molecule has 2 rings (SSSR count). The molecular formula is C14H13BrCl2N2. The lowest BCUT2D eigenvalue weighted by Gasteiger charge is -2.10. The minimum Gasteiger partial charge on any atom is -0.369 e. The number of aromatic nitrogens is 1. The van der Waals surface area contributed by atoms with E-state index < -0.39 is 0 Å². The first-order chi connectivity index (χ1) is 9.08. The Morgan fingerprint density at radius 2 is 2.05 bits per heavy atom. The second-order valence-electron chi connectivity index (χ2n) is 4.20. The summed E-state index contributed by atoms with van der Waals surface area (Å²) in [4.78, 5) is 4.29. The number of nitrogens with zero attached hydrogens (tertiary/aromatic N) is 1. The Kier molecular flexibility index (Phi) is 5.08. The molecule has 5 heteroatoms. The molecule has 0 spiro atoms. The molecule has 0 unspecified atom stereocenters. The molecule has 0 aliphatic rings. The molecule has 19 heavy (non-hydrogen) atoms. The van der Waals surface area contributed by atoms with E-state index in [0.29, 0.717) is 10.0 Å². The summed E-state index contributed by atoms with van der Waals surface area (Å²) in [6.45, 7) is 2.80. The standard InChI is InChI=1S/C14H13BrCl2N2/c1-9-4-6-18-14(13(9)15)19-7-5-10-2-3-11(16)8-12(10)17/h2-4,6,8H,5,7H2,1H3,(H,18,19). The molecular weight excluding hydrogens is 347 g/mol. The van der Waals surface area contributed by atoms with Crippen molar-refractivity contribution in [3.63, 3.8) is 0 Å². The first-order valence-corrected chi connectivity index (χ1v) is 7.41. The average Bonchev–Trinajstić information content (AvgIpc) is 2.37. The first kappa shape index (κ1) is 14.6. The van der Waals surface area contributed by atoms with Crippen molar-refractivity contribution in [3.05, 3.63) is 56.1 Å². The Morgan fingerprint density at radius 3 is 2.79 bits per heavy atom. The van der Waals surface area contributed by atoms with Gasteiger partial charge in [0.1, 0.15) is 5.82 Å². The van der Waals surface area contributed by atoms with E-state index in [4.69, 9.17) is 23.2 Å². The van der Waals surface area contributed by atoms with Crippen LogP contribution in [-0.4, -0.2) is 11.5 Å². The monoisotopic (exact) mass is 358 g/mol. The van der Waals surface area contributed by atoms with Gasteiger partial charge in [0.05, 0.1) is 4.47 Å². The predicted octanol–water partition coefficient (Wildman–Crippen LogP) is 5.11. The van der Waals surface area contributed by atoms with E-state index >= 15 is 0 Å². The van der Waals surface area contributed by atoms with Crippen molar-refractivity contribution in [2.75, 3.05) is 11.9 Å². The van der Waals surface area contributed by atoms with Gasteiger partial charge >= 0.3 is 0 Å². The fraction of sp³-hybridized carbons (Fsp3) is 0.214. The zero-order valence-corrected chi connectivity index (χ0v) is 13.5. The molecule has 0 amide bonds. The molecule has 1 aromatic heterocycles. The van der Waals surface area contributed by atoms with Gasteiger partial charge in [-0.25, -0.2) is 4.98 Å². The molecule has 0 radical (unpaired) electrons. The number of hydrogen-bond acceptors (Lipinski definition) is 2. The van der Waals surface area contributed by atoms with Crippen molar-refractivity contribution in [2.45, 2.75) is 13.3 Å². The molecule has 0 aliphatic carbocycles. The molecule has 1 heterocycles. The molecule has 0 bridgehead atoms. The number of benzene rings is 1. The molecule has 1 aromatic carbocycles. The van der Waals surface area contributed by atoms with Gasteiger partial charge in [0, 0.05) is 22.8 Å². The van der Waals surface area contributed by atoms with Crippen LogP contribution in [0.25, 0.3) is 0 Å². The van der Waals surface area contributed by atoms with E-state index in [2.05, 4.69) is 26.2 Å². The summed E-state index contributed by atoms with van der Waals surface area (Å²) < 4.78 is 0.997. The Balaban J connectivity index is 1.98. The molecule has 2 nitrogen and oxygen atoms in total. The van der Waals surface area contributed by atoms with Gasteiger partial charge in [-0.2, -0.15) is 0 Å². The van der Waals surface area contributed by atoms with Crippen LogP contribution in [0.15, 0.2) is 34.9 Å². The van der Waals surface area contributed by atoms with Crippen LogP contribution in [-0.2, 0) is 6.42 Å². The highest BCUT2D eigenvalue weighted by molar-refractivity contribution is 9.10. The lowest BCUT2D eigenvalue weighted by Crippen LogP contribution is -2.07. The van der Waals surface area contributed by atoms with Gasteiger partial charge in [0.2, 0.25) is 0 Å². The van der Waals surface area contributed by atoms with Gasteiger partial charge in [-0.3, -0.25) is 0 Å². The normalized spacial score (nSPS) is 10.5. The van der Waals surface area contributed by atoms with E-state index in [1.54, 1.807) is 12.3 Å². The average molecular weight is 360 g/mol. The molecule has 1 N–H and O–H groups in total. The number of hydrogen-bond donors (Lipinski definition) is 1. The summed E-state index contributed by atoms with van der Waals surface area (Å²) in [5.41, 5.74) is 2.23. The maximum absolute atomic E-state index is 6.13. The highest BCUT2D eigenvalue weighted by Crippen LogP contribution is 2.24. The topological polar surface area (TPSA) is 24.9 Å². The molecule has 0 saturated carbocycles. The number of pyridine rings is 1. The first-order valence-electron chi connectivity index (χ1n) is 5.87. The van der Waals surface area contributed by atoms with Gasteiger partial charge in [-0.05, 0) is 58.6 Å². The molecule has 2 aromatic rings. The fourth-order valence-corrected chi connectivity index (χ4v) is 2.58. The number of rotatable bonds is 4. The van der Waals surface area contributed by atoms with E-state index in [-0.39, 0.29) is 0 Å². The lowest BCUT2D eigenvalue weighted by atomic mass is 10.1. The minimum atomic E-state index is 0.657. The lowest BCUT2D eigenvalue weighted by molar-refractivity contribution is 1.00. The Morgan fingerprint density at radius 1 is 1.26 bits per heavy atom. The Bertz CT molecular complexity index is 588. The van der Waals surface area contributed by atoms with Crippen LogP contribution in [0.3, 0.4) is 0 Å². The van der Waals surface area contributed by atoms with E-state index in [9.17, 15) is 0 Å². The van der Waals surface area contributed by atoms with Crippen molar-refractivity contribution in [1.82, 2.24) is 4.98 Å². The summed E-state index contributed by atoms with van der Waals surface area (Å²) in [6, 6.07) is 7.53. The second-order valence-corrected chi connectivity index (χ2v) is 5.84. The third-order valence-corrected chi connectivity index (χ3v) is 4.37. The maximum Gasteiger partial charge on any atom is 0.140 e. The molecule has 0 atom stereocenters. The zero-order valence-electron chi connectivity index (χ0n) is 10.4. The van der Waals surface area contributed by atoms with Crippen molar-refractivity contribution in [3.8, 4) is 0 Å². The van der Waals surface area contributed by atoms with Crippen LogP contribution in [0.2, 0.25) is 10.0 Å². The van der Waals surface area contributed by atoms with Crippen molar-refractivity contribution < 1.29 is 0 Å². The number of anilines is 1. The van der Waals surface area contributed by atoms with Crippen molar-refractivity contribution in [1.29, 1.82) is 0 Å². The van der Waals surface area contributed by atoms with Gasteiger partial charge in [-0.1, -0.05) is 29.3 Å². The summed E-state index contributed by atoms with van der Waals surface area (Å²) in [7, 11) is 0. The largest absolute Gasteiger partial charge is 0.369 e. The van der Waals surface area contributed by atoms with Gasteiger partial charge < -0.3 is 5.32 Å². The number of halogens is 3. The molecule has 0 aliphatic heterocycles. The van der Waals surface area contributed by atoms with Gasteiger partial charge in [0.25, 0.3) is 0 Å².